The molecule has 0 N–H and O–H groups in total. The Hall–Kier alpha value is -1.41. The number of nitro benzene ring substituents is 1. The van der Waals surface area contributed by atoms with Crippen molar-refractivity contribution in [3.63, 3.8) is 0 Å². The van der Waals surface area contributed by atoms with Gasteiger partial charge in [-0.25, -0.2) is 12.8 Å². The quantitative estimate of drug-likeness (QED) is 0.328. The molecule has 0 bridgehead atoms. The molecule has 1 rings (SSSR count). The highest BCUT2D eigenvalue weighted by atomic mass is 35.7. The Morgan fingerprint density at radius 2 is 2.05 bits per heavy atom. The maximum absolute atomic E-state index is 13.7. The molecule has 0 aliphatic heterocycles. The molecule has 0 saturated heterocycles. The topological polar surface area (TPSA) is 86.5 Å². The molecule has 1 aromatic rings. The summed E-state index contributed by atoms with van der Waals surface area (Å²) in [6.07, 6.45) is 1.50. The molecule has 0 radical (unpaired) electrons. The Bertz CT molecular complexity index is 633. The van der Waals surface area contributed by atoms with E-state index in [1.54, 1.807) is 0 Å². The van der Waals surface area contributed by atoms with Crippen LogP contribution in [0.3, 0.4) is 0 Å². The summed E-state index contributed by atoms with van der Waals surface area (Å²) >= 11 is 0. The van der Waals surface area contributed by atoms with Gasteiger partial charge in [-0.05, 0) is 18.8 Å². The van der Waals surface area contributed by atoms with Crippen molar-refractivity contribution in [2.24, 2.45) is 5.92 Å². The summed E-state index contributed by atoms with van der Waals surface area (Å²) < 4.78 is 41.1. The van der Waals surface area contributed by atoms with Crippen molar-refractivity contribution >= 4 is 25.4 Å². The molecule has 0 spiro atoms. The Morgan fingerprint density at radius 3 is 2.52 bits per heavy atom. The normalized spacial score (nSPS) is 11.7. The molecule has 0 fully saturated rings. The molecule has 0 heterocycles. The zero-order chi connectivity index (χ0) is 16.2. The molecule has 0 aliphatic rings. The molecular weight excluding hydrogens is 325 g/mol. The molecule has 0 atom stereocenters. The van der Waals surface area contributed by atoms with Crippen LogP contribution in [-0.2, 0) is 9.05 Å². The molecule has 0 aromatic heterocycles. The second kappa shape index (κ2) is 7.04. The maximum Gasteiger partial charge on any atom is 0.312 e. The first-order valence-corrected chi connectivity index (χ1v) is 8.49. The standard InChI is InChI=1S/C12H15ClFNO5S/c1-8(2)4-3-5-20-11-6-9(14)12(21(13,18)19)7-10(11)15(16)17/h6-8H,3-5H2,1-2H3. The van der Waals surface area contributed by atoms with Gasteiger partial charge in [0.05, 0.1) is 11.5 Å². The summed E-state index contributed by atoms with van der Waals surface area (Å²) in [5.41, 5.74) is -0.639. The van der Waals surface area contributed by atoms with Crippen LogP contribution >= 0.6 is 10.7 Å². The minimum atomic E-state index is -4.41. The third kappa shape index (κ3) is 5.13. The Labute approximate surface area is 126 Å². The average molecular weight is 340 g/mol. The number of rotatable bonds is 7. The van der Waals surface area contributed by atoms with Gasteiger partial charge in [0.1, 0.15) is 10.7 Å². The van der Waals surface area contributed by atoms with Gasteiger partial charge in [0, 0.05) is 22.8 Å². The number of nitrogens with zero attached hydrogens (tertiary/aromatic N) is 1. The van der Waals surface area contributed by atoms with E-state index in [4.69, 9.17) is 15.4 Å². The molecule has 9 heteroatoms. The Kier molecular flexibility index (Phi) is 5.91. The monoisotopic (exact) mass is 339 g/mol. The van der Waals surface area contributed by atoms with Gasteiger partial charge in [-0.3, -0.25) is 10.1 Å². The summed E-state index contributed by atoms with van der Waals surface area (Å²) in [5, 5.41) is 10.9. The van der Waals surface area contributed by atoms with E-state index in [1.165, 1.54) is 0 Å². The van der Waals surface area contributed by atoms with Crippen molar-refractivity contribution in [3.05, 3.63) is 28.1 Å². The van der Waals surface area contributed by atoms with Crippen molar-refractivity contribution in [1.82, 2.24) is 0 Å². The van der Waals surface area contributed by atoms with Crippen LogP contribution in [0.5, 0.6) is 5.75 Å². The molecule has 6 nitrogen and oxygen atoms in total. The Morgan fingerprint density at radius 1 is 1.43 bits per heavy atom. The van der Waals surface area contributed by atoms with Crippen LogP contribution in [-0.4, -0.2) is 19.9 Å². The number of halogens is 2. The fourth-order valence-electron chi connectivity index (χ4n) is 1.64. The minimum Gasteiger partial charge on any atom is -0.487 e. The molecule has 0 amide bonds. The van der Waals surface area contributed by atoms with E-state index >= 15 is 0 Å². The van der Waals surface area contributed by atoms with Gasteiger partial charge in [-0.2, -0.15) is 0 Å². The zero-order valence-corrected chi connectivity index (χ0v) is 13.1. The van der Waals surface area contributed by atoms with Gasteiger partial charge in [-0.1, -0.05) is 13.8 Å². The number of benzene rings is 1. The van der Waals surface area contributed by atoms with E-state index in [9.17, 15) is 22.9 Å². The van der Waals surface area contributed by atoms with E-state index in [2.05, 4.69) is 0 Å². The molecule has 118 valence electrons. The van der Waals surface area contributed by atoms with Gasteiger partial charge in [0.2, 0.25) is 0 Å². The smallest absolute Gasteiger partial charge is 0.312 e. The highest BCUT2D eigenvalue weighted by Gasteiger charge is 2.25. The van der Waals surface area contributed by atoms with Crippen LogP contribution < -0.4 is 4.74 Å². The first-order valence-electron chi connectivity index (χ1n) is 6.18. The molecule has 1 aromatic carbocycles. The number of nitro groups is 1. The van der Waals surface area contributed by atoms with Crippen molar-refractivity contribution in [2.45, 2.75) is 31.6 Å². The molecular formula is C12H15ClFNO5S. The van der Waals surface area contributed by atoms with Crippen LogP contribution in [0.2, 0.25) is 0 Å². The third-order valence-electron chi connectivity index (χ3n) is 2.66. The highest BCUT2D eigenvalue weighted by Crippen LogP contribution is 2.33. The van der Waals surface area contributed by atoms with E-state index in [0.29, 0.717) is 24.5 Å². The predicted octanol–water partition coefficient (Wildman–Crippen LogP) is 3.48. The summed E-state index contributed by atoms with van der Waals surface area (Å²) in [4.78, 5) is 9.13. The van der Waals surface area contributed by atoms with E-state index in [-0.39, 0.29) is 12.4 Å². The average Bonchev–Trinajstić information content (AvgIpc) is 2.32. The van der Waals surface area contributed by atoms with Gasteiger partial charge in [0.15, 0.2) is 5.75 Å². The van der Waals surface area contributed by atoms with Crippen LogP contribution in [0.25, 0.3) is 0 Å². The van der Waals surface area contributed by atoms with Crippen molar-refractivity contribution < 1.29 is 22.5 Å². The van der Waals surface area contributed by atoms with Crippen LogP contribution in [0.15, 0.2) is 17.0 Å². The minimum absolute atomic E-state index is 0.172. The first kappa shape index (κ1) is 17.6. The molecule has 0 aliphatic carbocycles. The fraction of sp³-hybridized carbons (Fsp3) is 0.500. The summed E-state index contributed by atoms with van der Waals surface area (Å²) in [5.74, 6) is -1.05. The number of ether oxygens (including phenoxy) is 1. The largest absolute Gasteiger partial charge is 0.487 e. The van der Waals surface area contributed by atoms with Gasteiger partial charge in [0.25, 0.3) is 9.05 Å². The Balaban J connectivity index is 3.04. The summed E-state index contributed by atoms with van der Waals surface area (Å²) in [6, 6.07) is 1.23. The molecule has 0 unspecified atom stereocenters. The highest BCUT2D eigenvalue weighted by molar-refractivity contribution is 8.13. The molecule has 0 saturated carbocycles. The lowest BCUT2D eigenvalue weighted by atomic mass is 10.1. The second-order valence-electron chi connectivity index (χ2n) is 4.83. The fourth-order valence-corrected chi connectivity index (χ4v) is 2.54. The van der Waals surface area contributed by atoms with Gasteiger partial charge >= 0.3 is 5.69 Å². The second-order valence-corrected chi connectivity index (χ2v) is 7.36. The SMILES string of the molecule is CC(C)CCCOc1cc(F)c(S(=O)(=O)Cl)cc1[N+](=O)[O-]. The van der Waals surface area contributed by atoms with Crippen LogP contribution in [0, 0.1) is 21.8 Å². The van der Waals surface area contributed by atoms with Crippen molar-refractivity contribution in [3.8, 4) is 5.75 Å². The van der Waals surface area contributed by atoms with Gasteiger partial charge < -0.3 is 4.74 Å². The van der Waals surface area contributed by atoms with E-state index < -0.39 is 30.4 Å². The first-order chi connectivity index (χ1) is 9.62. The lowest BCUT2D eigenvalue weighted by Crippen LogP contribution is -2.05. The predicted molar refractivity (Wildman–Crippen MR) is 75.7 cm³/mol. The molecule has 21 heavy (non-hydrogen) atoms. The summed E-state index contributed by atoms with van der Waals surface area (Å²) in [6.45, 7) is 4.20. The van der Waals surface area contributed by atoms with Crippen LogP contribution in [0.4, 0.5) is 10.1 Å². The lowest BCUT2D eigenvalue weighted by molar-refractivity contribution is -0.386. The summed E-state index contributed by atoms with van der Waals surface area (Å²) in [7, 11) is 0.618. The lowest BCUT2D eigenvalue weighted by Gasteiger charge is -2.09. The van der Waals surface area contributed by atoms with Crippen LogP contribution in [0.1, 0.15) is 26.7 Å². The van der Waals surface area contributed by atoms with Crippen molar-refractivity contribution in [2.75, 3.05) is 6.61 Å². The third-order valence-corrected chi connectivity index (χ3v) is 3.99. The maximum atomic E-state index is 13.7. The van der Waals surface area contributed by atoms with Crippen molar-refractivity contribution in [1.29, 1.82) is 0 Å². The van der Waals surface area contributed by atoms with Gasteiger partial charge in [-0.15, -0.1) is 0 Å². The van der Waals surface area contributed by atoms with E-state index in [0.717, 1.165) is 6.42 Å². The zero-order valence-electron chi connectivity index (χ0n) is 11.5. The number of hydrogen-bond acceptors (Lipinski definition) is 5. The van der Waals surface area contributed by atoms with E-state index in [1.807, 2.05) is 13.8 Å². The number of hydrogen-bond donors (Lipinski definition) is 0.